The molecule has 8 heteroatoms. The molecule has 0 unspecified atom stereocenters. The summed E-state index contributed by atoms with van der Waals surface area (Å²) in [6.07, 6.45) is 3.10. The molecule has 146 valence electrons. The zero-order valence-electron chi connectivity index (χ0n) is 15.1. The first-order valence-electron chi connectivity index (χ1n) is 9.03. The lowest BCUT2D eigenvalue weighted by Crippen LogP contribution is -2.52. The summed E-state index contributed by atoms with van der Waals surface area (Å²) in [4.78, 5) is 30.3. The van der Waals surface area contributed by atoms with Gasteiger partial charge in [-0.1, -0.05) is 17.7 Å². The number of ether oxygens (including phenoxy) is 1. The molecule has 0 atom stereocenters. The fourth-order valence-corrected chi connectivity index (χ4v) is 3.31. The van der Waals surface area contributed by atoms with Crippen LogP contribution in [-0.4, -0.2) is 85.5 Å². The van der Waals surface area contributed by atoms with Gasteiger partial charge in [-0.2, -0.15) is 0 Å². The molecule has 27 heavy (non-hydrogen) atoms. The van der Waals surface area contributed by atoms with Gasteiger partial charge >= 0.3 is 0 Å². The largest absolute Gasteiger partial charge is 0.378 e. The van der Waals surface area contributed by atoms with Crippen LogP contribution in [0, 0.1) is 5.82 Å². The van der Waals surface area contributed by atoms with E-state index in [0.717, 1.165) is 0 Å². The van der Waals surface area contributed by atoms with Gasteiger partial charge in [0.15, 0.2) is 0 Å². The highest BCUT2D eigenvalue weighted by molar-refractivity contribution is 6.30. The summed E-state index contributed by atoms with van der Waals surface area (Å²) in [5.41, 5.74) is 0.671. The molecule has 1 aromatic carbocycles. The molecule has 0 spiro atoms. The van der Waals surface area contributed by atoms with E-state index >= 15 is 0 Å². The number of morpholine rings is 1. The first-order chi connectivity index (χ1) is 13.0. The molecule has 2 heterocycles. The fraction of sp³-hybridized carbons (Fsp3) is 0.474. The van der Waals surface area contributed by atoms with Crippen LogP contribution in [0.1, 0.15) is 5.56 Å². The van der Waals surface area contributed by atoms with Crippen LogP contribution in [0.5, 0.6) is 0 Å². The van der Waals surface area contributed by atoms with Gasteiger partial charge in [0.1, 0.15) is 5.82 Å². The Balaban J connectivity index is 1.45. The minimum atomic E-state index is -0.483. The summed E-state index contributed by atoms with van der Waals surface area (Å²) in [5.74, 6) is -0.469. The summed E-state index contributed by atoms with van der Waals surface area (Å²) in [6.45, 7) is 5.35. The molecule has 0 bridgehead atoms. The van der Waals surface area contributed by atoms with Gasteiger partial charge in [-0.3, -0.25) is 14.5 Å². The topological polar surface area (TPSA) is 53.1 Å². The molecule has 0 aliphatic carbocycles. The van der Waals surface area contributed by atoms with Crippen molar-refractivity contribution in [1.29, 1.82) is 0 Å². The normalized spacial score (nSPS) is 18.9. The Labute approximate surface area is 163 Å². The van der Waals surface area contributed by atoms with Gasteiger partial charge < -0.3 is 14.5 Å². The number of rotatable bonds is 4. The molecule has 2 saturated heterocycles. The number of piperazine rings is 1. The van der Waals surface area contributed by atoms with Crippen LogP contribution < -0.4 is 0 Å². The van der Waals surface area contributed by atoms with Gasteiger partial charge in [0, 0.05) is 45.3 Å². The van der Waals surface area contributed by atoms with E-state index in [9.17, 15) is 14.0 Å². The van der Waals surface area contributed by atoms with E-state index in [0.29, 0.717) is 64.6 Å². The number of nitrogens with zero attached hydrogens (tertiary/aromatic N) is 3. The monoisotopic (exact) mass is 395 g/mol. The maximum Gasteiger partial charge on any atom is 0.246 e. The Bertz CT molecular complexity index is 714. The maximum atomic E-state index is 13.2. The van der Waals surface area contributed by atoms with Crippen molar-refractivity contribution in [2.45, 2.75) is 0 Å². The number of hydrogen-bond acceptors (Lipinski definition) is 4. The van der Waals surface area contributed by atoms with Gasteiger partial charge in [-0.25, -0.2) is 4.39 Å². The van der Waals surface area contributed by atoms with Crippen molar-refractivity contribution in [3.63, 3.8) is 0 Å². The number of carbonyl (C=O) groups excluding carboxylic acids is 2. The zero-order valence-corrected chi connectivity index (χ0v) is 15.8. The molecule has 3 rings (SSSR count). The molecule has 0 N–H and O–H groups in total. The molecule has 0 aromatic heterocycles. The highest BCUT2D eigenvalue weighted by Gasteiger charge is 2.24. The summed E-state index contributed by atoms with van der Waals surface area (Å²) in [7, 11) is 0. The van der Waals surface area contributed by atoms with Crippen molar-refractivity contribution in [2.75, 3.05) is 59.0 Å². The number of hydrogen-bond donors (Lipinski definition) is 0. The predicted molar refractivity (Wildman–Crippen MR) is 101 cm³/mol. The Morgan fingerprint density at radius 3 is 2.44 bits per heavy atom. The molecule has 0 saturated carbocycles. The molecular weight excluding hydrogens is 373 g/mol. The minimum Gasteiger partial charge on any atom is -0.378 e. The Hall–Kier alpha value is -1.96. The van der Waals surface area contributed by atoms with Crippen LogP contribution in [-0.2, 0) is 14.3 Å². The van der Waals surface area contributed by atoms with Crippen molar-refractivity contribution < 1.29 is 18.7 Å². The number of amides is 2. The molecular formula is C19H23ClFN3O3. The van der Waals surface area contributed by atoms with E-state index in [1.165, 1.54) is 18.2 Å². The van der Waals surface area contributed by atoms with E-state index in [1.807, 2.05) is 4.90 Å². The van der Waals surface area contributed by atoms with Crippen LogP contribution in [0.2, 0.25) is 5.02 Å². The third-order valence-electron chi connectivity index (χ3n) is 4.77. The average molecular weight is 396 g/mol. The van der Waals surface area contributed by atoms with E-state index in [4.69, 9.17) is 16.3 Å². The van der Waals surface area contributed by atoms with E-state index in [-0.39, 0.29) is 16.8 Å². The Morgan fingerprint density at radius 1 is 1.07 bits per heavy atom. The lowest BCUT2D eigenvalue weighted by atomic mass is 10.2. The van der Waals surface area contributed by atoms with E-state index < -0.39 is 5.82 Å². The van der Waals surface area contributed by atoms with Crippen LogP contribution in [0.15, 0.2) is 24.3 Å². The van der Waals surface area contributed by atoms with Crippen molar-refractivity contribution >= 4 is 29.5 Å². The molecule has 2 amide bonds. The predicted octanol–water partition coefficient (Wildman–Crippen LogP) is 1.50. The van der Waals surface area contributed by atoms with Gasteiger partial charge in [0.05, 0.1) is 24.8 Å². The summed E-state index contributed by atoms with van der Waals surface area (Å²) >= 11 is 5.74. The second kappa shape index (κ2) is 9.30. The quantitative estimate of drug-likeness (QED) is 0.725. The van der Waals surface area contributed by atoms with Crippen molar-refractivity contribution in [3.8, 4) is 0 Å². The second-order valence-electron chi connectivity index (χ2n) is 6.60. The van der Waals surface area contributed by atoms with Crippen LogP contribution >= 0.6 is 11.6 Å². The summed E-state index contributed by atoms with van der Waals surface area (Å²) in [6, 6.07) is 4.33. The number of benzene rings is 1. The molecule has 2 aliphatic heterocycles. The molecule has 0 radical (unpaired) electrons. The van der Waals surface area contributed by atoms with Crippen molar-refractivity contribution in [1.82, 2.24) is 14.7 Å². The van der Waals surface area contributed by atoms with Gasteiger partial charge in [-0.05, 0) is 23.8 Å². The Kier molecular flexibility index (Phi) is 6.82. The van der Waals surface area contributed by atoms with Crippen molar-refractivity contribution in [3.05, 3.63) is 40.7 Å². The fourth-order valence-electron chi connectivity index (χ4n) is 3.12. The standard InChI is InChI=1S/C19H23ClFN3O3/c20-16-13-15(1-3-17(16)21)2-4-18(25)23-7-5-22(6-8-23)14-19(26)24-9-11-27-12-10-24/h1-4,13H,5-12,14H2. The number of carbonyl (C=O) groups is 2. The third-order valence-corrected chi connectivity index (χ3v) is 5.06. The summed E-state index contributed by atoms with van der Waals surface area (Å²) < 4.78 is 18.4. The smallest absolute Gasteiger partial charge is 0.246 e. The SMILES string of the molecule is O=C(C=Cc1ccc(F)c(Cl)c1)N1CCN(CC(=O)N2CCOCC2)CC1. The molecule has 1 aromatic rings. The second-order valence-corrected chi connectivity index (χ2v) is 7.01. The molecule has 2 fully saturated rings. The zero-order chi connectivity index (χ0) is 19.2. The van der Waals surface area contributed by atoms with Crippen LogP contribution in [0.25, 0.3) is 6.08 Å². The highest BCUT2D eigenvalue weighted by Crippen LogP contribution is 2.17. The van der Waals surface area contributed by atoms with E-state index in [2.05, 4.69) is 4.90 Å². The average Bonchev–Trinajstić information content (AvgIpc) is 2.70. The maximum absolute atomic E-state index is 13.2. The van der Waals surface area contributed by atoms with Crippen LogP contribution in [0.3, 0.4) is 0 Å². The summed E-state index contributed by atoms with van der Waals surface area (Å²) in [5, 5.41) is 0.0307. The first kappa shape index (κ1) is 19.8. The molecule has 6 nitrogen and oxygen atoms in total. The number of halogens is 2. The lowest BCUT2D eigenvalue weighted by molar-refractivity contribution is -0.137. The van der Waals surface area contributed by atoms with E-state index in [1.54, 1.807) is 17.0 Å². The Morgan fingerprint density at radius 2 is 1.78 bits per heavy atom. The first-order valence-corrected chi connectivity index (χ1v) is 9.40. The van der Waals surface area contributed by atoms with Crippen molar-refractivity contribution in [2.24, 2.45) is 0 Å². The highest BCUT2D eigenvalue weighted by atomic mass is 35.5. The molecule has 2 aliphatic rings. The van der Waals surface area contributed by atoms with Crippen LogP contribution in [0.4, 0.5) is 4.39 Å². The minimum absolute atomic E-state index is 0.0307. The third kappa shape index (κ3) is 5.51. The van der Waals surface area contributed by atoms with Gasteiger partial charge in [0.2, 0.25) is 11.8 Å². The lowest BCUT2D eigenvalue weighted by Gasteiger charge is -2.35. The van der Waals surface area contributed by atoms with Gasteiger partial charge in [-0.15, -0.1) is 0 Å². The van der Waals surface area contributed by atoms with Gasteiger partial charge in [0.25, 0.3) is 0 Å².